The molecule has 0 aromatic heterocycles. The van der Waals surface area contributed by atoms with E-state index in [1.165, 1.54) is 0 Å². The molecule has 1 saturated heterocycles. The molecule has 1 aliphatic heterocycles. The van der Waals surface area contributed by atoms with Gasteiger partial charge in [-0.3, -0.25) is 9.69 Å². The van der Waals surface area contributed by atoms with Crippen LogP contribution in [0.25, 0.3) is 0 Å². The number of nitrogens with zero attached hydrogens (tertiary/aromatic N) is 2. The number of benzene rings is 1. The minimum atomic E-state index is -0.718. The number of likely N-dealkylation sites (tertiary alicyclic amines) is 1. The Bertz CT molecular complexity index is 614. The van der Waals surface area contributed by atoms with Gasteiger partial charge < -0.3 is 9.84 Å². The van der Waals surface area contributed by atoms with Crippen molar-refractivity contribution in [2.24, 2.45) is 11.8 Å². The van der Waals surface area contributed by atoms with Crippen molar-refractivity contribution in [2.45, 2.75) is 37.6 Å². The Morgan fingerprint density at radius 3 is 2.42 bits per heavy atom. The van der Waals surface area contributed by atoms with Gasteiger partial charge in [0.15, 0.2) is 0 Å². The van der Waals surface area contributed by atoms with Crippen molar-refractivity contribution in [1.82, 2.24) is 4.90 Å². The van der Waals surface area contributed by atoms with Crippen LogP contribution in [0.4, 0.5) is 0 Å². The van der Waals surface area contributed by atoms with E-state index in [2.05, 4.69) is 11.0 Å². The Balaban J connectivity index is 1.72. The van der Waals surface area contributed by atoms with Crippen molar-refractivity contribution in [3.8, 4) is 11.8 Å². The zero-order valence-electron chi connectivity index (χ0n) is 14.0. The number of carboxylic acid groups (broad SMARTS) is 1. The lowest BCUT2D eigenvalue weighted by Crippen LogP contribution is -2.37. The molecule has 2 atom stereocenters. The van der Waals surface area contributed by atoms with Crippen LogP contribution >= 0.6 is 0 Å². The first-order chi connectivity index (χ1) is 11.6. The molecule has 2 fully saturated rings. The first-order valence-electron chi connectivity index (χ1n) is 8.62. The molecule has 1 aromatic carbocycles. The van der Waals surface area contributed by atoms with Gasteiger partial charge in [-0.05, 0) is 43.4 Å². The van der Waals surface area contributed by atoms with Gasteiger partial charge in [0.05, 0.1) is 19.1 Å². The molecular weight excluding hydrogens is 304 g/mol. The second-order valence-electron chi connectivity index (χ2n) is 6.91. The number of ether oxygens (including phenoxy) is 1. The summed E-state index contributed by atoms with van der Waals surface area (Å²) in [6, 6.07) is 10.5. The fraction of sp³-hybridized carbons (Fsp3) is 0.579. The number of nitriles is 1. The predicted molar refractivity (Wildman–Crippen MR) is 89.8 cm³/mol. The summed E-state index contributed by atoms with van der Waals surface area (Å²) < 4.78 is 5.19. The number of aliphatic carboxylic acids is 1. The van der Waals surface area contributed by atoms with Crippen LogP contribution < -0.4 is 4.74 Å². The average Bonchev–Trinajstić information content (AvgIpc) is 3.07. The number of rotatable bonds is 4. The van der Waals surface area contributed by atoms with Gasteiger partial charge in [0, 0.05) is 31.0 Å². The van der Waals surface area contributed by atoms with Crippen molar-refractivity contribution >= 4 is 5.97 Å². The number of hydrogen-bond donors (Lipinski definition) is 1. The highest BCUT2D eigenvalue weighted by atomic mass is 16.5. The molecule has 0 bridgehead atoms. The molecule has 24 heavy (non-hydrogen) atoms. The Morgan fingerprint density at radius 2 is 1.88 bits per heavy atom. The summed E-state index contributed by atoms with van der Waals surface area (Å²) in [4.78, 5) is 14.1. The molecule has 2 aliphatic rings. The first kappa shape index (κ1) is 16.8. The van der Waals surface area contributed by atoms with E-state index in [-0.39, 0.29) is 17.8 Å². The van der Waals surface area contributed by atoms with E-state index in [9.17, 15) is 9.90 Å². The van der Waals surface area contributed by atoms with Gasteiger partial charge in [-0.15, -0.1) is 0 Å². The highest BCUT2D eigenvalue weighted by molar-refractivity contribution is 5.72. The maximum atomic E-state index is 11.7. The molecule has 1 heterocycles. The molecule has 0 spiro atoms. The summed E-state index contributed by atoms with van der Waals surface area (Å²) in [7, 11) is 1.63. The van der Waals surface area contributed by atoms with Gasteiger partial charge in [0.2, 0.25) is 0 Å². The summed E-state index contributed by atoms with van der Waals surface area (Å²) in [5.41, 5.74) is 1.07. The van der Waals surface area contributed by atoms with Crippen LogP contribution in [0, 0.1) is 23.2 Å². The van der Waals surface area contributed by atoms with E-state index in [0.29, 0.717) is 12.6 Å². The fourth-order valence-electron chi connectivity index (χ4n) is 4.14. The lowest BCUT2D eigenvalue weighted by Gasteiger charge is -2.32. The van der Waals surface area contributed by atoms with E-state index >= 15 is 0 Å². The summed E-state index contributed by atoms with van der Waals surface area (Å²) in [6.45, 7) is 1.39. The minimum absolute atomic E-state index is 0.0158. The van der Waals surface area contributed by atoms with Gasteiger partial charge >= 0.3 is 5.97 Å². The fourth-order valence-corrected chi connectivity index (χ4v) is 4.14. The predicted octanol–water partition coefficient (Wildman–Crippen LogP) is 2.88. The molecule has 5 nitrogen and oxygen atoms in total. The highest BCUT2D eigenvalue weighted by Gasteiger charge is 2.41. The summed E-state index contributed by atoms with van der Waals surface area (Å²) in [5, 5.41) is 18.7. The Hall–Kier alpha value is -2.06. The van der Waals surface area contributed by atoms with Crippen LogP contribution in [0.15, 0.2) is 24.3 Å². The first-order valence-corrected chi connectivity index (χ1v) is 8.62. The molecule has 128 valence electrons. The number of methoxy groups -OCH3 is 1. The van der Waals surface area contributed by atoms with E-state index < -0.39 is 5.97 Å². The summed E-state index contributed by atoms with van der Waals surface area (Å²) in [6.07, 6.45) is 3.87. The van der Waals surface area contributed by atoms with Gasteiger partial charge in [-0.2, -0.15) is 5.26 Å². The van der Waals surface area contributed by atoms with Gasteiger partial charge in [0.1, 0.15) is 5.75 Å². The summed E-state index contributed by atoms with van der Waals surface area (Å²) in [5.74, 6) is -0.106. The van der Waals surface area contributed by atoms with Crippen LogP contribution in [-0.2, 0) is 4.79 Å². The normalized spacial score (nSPS) is 30.7. The summed E-state index contributed by atoms with van der Waals surface area (Å²) >= 11 is 0. The molecule has 0 amide bonds. The van der Waals surface area contributed by atoms with Crippen molar-refractivity contribution in [1.29, 1.82) is 5.26 Å². The highest BCUT2D eigenvalue weighted by Crippen LogP contribution is 2.38. The third-order valence-corrected chi connectivity index (χ3v) is 5.60. The zero-order chi connectivity index (χ0) is 17.1. The molecule has 1 saturated carbocycles. The molecular formula is C19H24N2O3. The maximum Gasteiger partial charge on any atom is 0.308 e. The lowest BCUT2D eigenvalue weighted by molar-refractivity contribution is -0.141. The minimum Gasteiger partial charge on any atom is -0.497 e. The topological polar surface area (TPSA) is 73.6 Å². The molecule has 0 radical (unpaired) electrons. The third kappa shape index (κ3) is 3.39. The van der Waals surface area contributed by atoms with Crippen LogP contribution in [0.5, 0.6) is 5.75 Å². The van der Waals surface area contributed by atoms with Gasteiger partial charge in [0.25, 0.3) is 0 Å². The van der Waals surface area contributed by atoms with E-state index in [1.54, 1.807) is 7.11 Å². The Morgan fingerprint density at radius 1 is 1.21 bits per heavy atom. The largest absolute Gasteiger partial charge is 0.497 e. The smallest absolute Gasteiger partial charge is 0.308 e. The molecule has 0 unspecified atom stereocenters. The molecule has 5 heteroatoms. The third-order valence-electron chi connectivity index (χ3n) is 5.60. The zero-order valence-corrected chi connectivity index (χ0v) is 14.0. The number of hydrogen-bond acceptors (Lipinski definition) is 4. The number of carbonyl (C=O) groups is 1. The Labute approximate surface area is 142 Å². The van der Waals surface area contributed by atoms with E-state index in [4.69, 9.17) is 10.00 Å². The second kappa shape index (κ2) is 7.23. The average molecular weight is 328 g/mol. The van der Waals surface area contributed by atoms with Crippen molar-refractivity contribution in [3.05, 3.63) is 29.8 Å². The standard InChI is InChI=1S/C19H24N2O3/c1-24-16-8-4-14(5-9-16)17-11-21(12-18(17)19(22)23)15-6-2-13(10-20)3-7-15/h4-5,8-9,13,15,17-18H,2-3,6-7,11-12H2,1H3,(H,22,23)/t13-,15+,17-,18+/m0/s1. The van der Waals surface area contributed by atoms with E-state index in [0.717, 1.165) is 43.5 Å². The Kier molecular flexibility index (Phi) is 5.06. The maximum absolute atomic E-state index is 11.7. The van der Waals surface area contributed by atoms with Gasteiger partial charge in [-0.1, -0.05) is 12.1 Å². The molecule has 1 N–H and O–H groups in total. The second-order valence-corrected chi connectivity index (χ2v) is 6.91. The lowest BCUT2D eigenvalue weighted by atomic mass is 9.86. The molecule has 3 rings (SSSR count). The SMILES string of the molecule is COc1ccc([C@@H]2CN([C@H]3CC[C@@H](C#N)CC3)C[C@H]2C(=O)O)cc1. The van der Waals surface area contributed by atoms with Crippen LogP contribution in [-0.4, -0.2) is 42.2 Å². The van der Waals surface area contributed by atoms with Crippen molar-refractivity contribution < 1.29 is 14.6 Å². The van der Waals surface area contributed by atoms with Gasteiger partial charge in [-0.25, -0.2) is 0 Å². The van der Waals surface area contributed by atoms with Crippen LogP contribution in [0.2, 0.25) is 0 Å². The van der Waals surface area contributed by atoms with E-state index in [1.807, 2.05) is 24.3 Å². The van der Waals surface area contributed by atoms with Crippen molar-refractivity contribution in [3.63, 3.8) is 0 Å². The number of carboxylic acids is 1. The molecule has 1 aromatic rings. The molecule has 1 aliphatic carbocycles. The van der Waals surface area contributed by atoms with Crippen molar-refractivity contribution in [2.75, 3.05) is 20.2 Å². The van der Waals surface area contributed by atoms with Crippen LogP contribution in [0.3, 0.4) is 0 Å². The van der Waals surface area contributed by atoms with Crippen LogP contribution in [0.1, 0.15) is 37.2 Å². The quantitative estimate of drug-likeness (QED) is 0.920. The monoisotopic (exact) mass is 328 g/mol.